The van der Waals surface area contributed by atoms with Crippen LogP contribution in [-0.4, -0.2) is 56.2 Å². The Morgan fingerprint density at radius 3 is 2.37 bits per heavy atom. The number of ketones is 1. The first kappa shape index (κ1) is 21.4. The number of methoxy groups -OCH3 is 3. The van der Waals surface area contributed by atoms with Crippen LogP contribution < -0.4 is 9.47 Å². The number of likely N-dealkylation sites (tertiary alicyclic amines) is 1. The van der Waals surface area contributed by atoms with Crippen LogP contribution in [0.15, 0.2) is 48.0 Å². The molecule has 1 unspecified atom stereocenters. The SMILES string of the molecule is COCCN1C(=O)C(=O)/C(=C(/O)c2ccc(OC)c(OC)c2)C1c1ccccc1C. The normalized spacial score (nSPS) is 18.0. The molecule has 0 spiro atoms. The first-order chi connectivity index (χ1) is 14.4. The Labute approximate surface area is 175 Å². The first-order valence-electron chi connectivity index (χ1n) is 9.49. The summed E-state index contributed by atoms with van der Waals surface area (Å²) in [7, 11) is 4.53. The number of Topliss-reactive ketones (excluding diaryl/α,β-unsaturated/α-hetero) is 1. The minimum absolute atomic E-state index is 0.0395. The Morgan fingerprint density at radius 2 is 1.73 bits per heavy atom. The second-order valence-corrected chi connectivity index (χ2v) is 6.91. The van der Waals surface area contributed by atoms with E-state index in [1.807, 2.05) is 31.2 Å². The maximum absolute atomic E-state index is 13.0. The molecule has 2 aromatic carbocycles. The lowest BCUT2D eigenvalue weighted by Gasteiger charge is -2.26. The topological polar surface area (TPSA) is 85.3 Å². The molecule has 1 N–H and O–H groups in total. The van der Waals surface area contributed by atoms with Crippen LogP contribution in [0.1, 0.15) is 22.7 Å². The molecule has 0 bridgehead atoms. The summed E-state index contributed by atoms with van der Waals surface area (Å²) in [6.07, 6.45) is 0. The Balaban J connectivity index is 2.20. The molecule has 1 atom stereocenters. The summed E-state index contributed by atoms with van der Waals surface area (Å²) in [5.41, 5.74) is 2.08. The molecule has 1 aliphatic heterocycles. The van der Waals surface area contributed by atoms with Crippen molar-refractivity contribution < 1.29 is 28.9 Å². The van der Waals surface area contributed by atoms with Gasteiger partial charge in [-0.05, 0) is 36.2 Å². The fourth-order valence-corrected chi connectivity index (χ4v) is 3.66. The smallest absolute Gasteiger partial charge is 0.295 e. The number of aliphatic hydroxyl groups is 1. The summed E-state index contributed by atoms with van der Waals surface area (Å²) in [5.74, 6) is -0.760. The molecule has 7 nitrogen and oxygen atoms in total. The van der Waals surface area contributed by atoms with Crippen molar-refractivity contribution in [2.24, 2.45) is 0 Å². The monoisotopic (exact) mass is 411 g/mol. The molecule has 7 heteroatoms. The van der Waals surface area contributed by atoms with Crippen molar-refractivity contribution >= 4 is 17.4 Å². The number of amides is 1. The zero-order valence-corrected chi connectivity index (χ0v) is 17.5. The van der Waals surface area contributed by atoms with E-state index in [2.05, 4.69) is 0 Å². The lowest BCUT2D eigenvalue weighted by atomic mass is 9.92. The van der Waals surface area contributed by atoms with Crippen molar-refractivity contribution in [3.05, 3.63) is 64.7 Å². The number of carbonyl (C=O) groups is 2. The number of nitrogens with zero attached hydrogens (tertiary/aromatic N) is 1. The highest BCUT2D eigenvalue weighted by Gasteiger charge is 2.46. The quantitative estimate of drug-likeness (QED) is 0.428. The van der Waals surface area contributed by atoms with E-state index in [9.17, 15) is 14.7 Å². The van der Waals surface area contributed by atoms with Crippen LogP contribution in [0.25, 0.3) is 5.76 Å². The van der Waals surface area contributed by atoms with Crippen molar-refractivity contribution in [3.8, 4) is 11.5 Å². The molecular formula is C23H25NO6. The van der Waals surface area contributed by atoms with Crippen LogP contribution in [0.3, 0.4) is 0 Å². The van der Waals surface area contributed by atoms with Gasteiger partial charge in [0, 0.05) is 19.2 Å². The summed E-state index contributed by atoms with van der Waals surface area (Å²) in [6, 6.07) is 11.6. The molecule has 1 fully saturated rings. The van der Waals surface area contributed by atoms with Crippen molar-refractivity contribution in [2.45, 2.75) is 13.0 Å². The highest BCUT2D eigenvalue weighted by atomic mass is 16.5. The van der Waals surface area contributed by atoms with E-state index in [-0.39, 0.29) is 24.5 Å². The Hall–Kier alpha value is -3.32. The molecular weight excluding hydrogens is 386 g/mol. The van der Waals surface area contributed by atoms with Gasteiger partial charge >= 0.3 is 0 Å². The van der Waals surface area contributed by atoms with E-state index >= 15 is 0 Å². The minimum atomic E-state index is -0.730. The number of rotatable bonds is 7. The molecule has 1 amide bonds. The predicted octanol–water partition coefficient (Wildman–Crippen LogP) is 3.08. The average molecular weight is 411 g/mol. The molecule has 0 saturated carbocycles. The standard InChI is InChI=1S/C23H25NO6/c1-14-7-5-6-8-16(14)20-19(22(26)23(27)24(20)11-12-28-2)21(25)15-9-10-17(29-3)18(13-15)30-4/h5-10,13,20,25H,11-12H2,1-4H3/b21-19+. The van der Waals surface area contributed by atoms with Gasteiger partial charge in [0.25, 0.3) is 11.7 Å². The maximum atomic E-state index is 13.0. The van der Waals surface area contributed by atoms with E-state index in [1.54, 1.807) is 18.2 Å². The van der Waals surface area contributed by atoms with Gasteiger partial charge in [0.15, 0.2) is 11.5 Å². The van der Waals surface area contributed by atoms with Gasteiger partial charge in [-0.15, -0.1) is 0 Å². The molecule has 1 aliphatic rings. The number of benzene rings is 2. The fourth-order valence-electron chi connectivity index (χ4n) is 3.66. The summed E-state index contributed by atoms with van der Waals surface area (Å²) < 4.78 is 15.7. The molecule has 0 aromatic heterocycles. The fraction of sp³-hybridized carbons (Fsp3) is 0.304. The second kappa shape index (κ2) is 9.00. The number of hydrogen-bond acceptors (Lipinski definition) is 6. The number of ether oxygens (including phenoxy) is 3. The van der Waals surface area contributed by atoms with Crippen molar-refractivity contribution in [3.63, 3.8) is 0 Å². The van der Waals surface area contributed by atoms with Crippen molar-refractivity contribution in [1.82, 2.24) is 4.90 Å². The highest BCUT2D eigenvalue weighted by Crippen LogP contribution is 2.41. The van der Waals surface area contributed by atoms with Crippen LogP contribution in [0.2, 0.25) is 0 Å². The van der Waals surface area contributed by atoms with Crippen LogP contribution in [0, 0.1) is 6.92 Å². The summed E-state index contributed by atoms with van der Waals surface area (Å²) >= 11 is 0. The Morgan fingerprint density at radius 1 is 1.03 bits per heavy atom. The number of aliphatic hydroxyl groups excluding tert-OH is 1. The predicted molar refractivity (Wildman–Crippen MR) is 112 cm³/mol. The summed E-state index contributed by atoms with van der Waals surface area (Å²) in [4.78, 5) is 27.2. The molecule has 158 valence electrons. The first-order valence-corrected chi connectivity index (χ1v) is 9.49. The Kier molecular flexibility index (Phi) is 6.42. The third kappa shape index (κ3) is 3.76. The van der Waals surface area contributed by atoms with E-state index in [0.29, 0.717) is 17.1 Å². The number of carbonyl (C=O) groups excluding carboxylic acids is 2. The van der Waals surface area contributed by atoms with Crippen LogP contribution in [-0.2, 0) is 14.3 Å². The van der Waals surface area contributed by atoms with Gasteiger partial charge in [-0.1, -0.05) is 24.3 Å². The molecule has 0 aliphatic carbocycles. The van der Waals surface area contributed by atoms with Gasteiger partial charge in [0.05, 0.1) is 32.4 Å². The molecule has 2 aromatic rings. The molecule has 30 heavy (non-hydrogen) atoms. The van der Waals surface area contributed by atoms with Crippen LogP contribution in [0.5, 0.6) is 11.5 Å². The zero-order chi connectivity index (χ0) is 21.8. The Bertz CT molecular complexity index is 997. The third-order valence-corrected chi connectivity index (χ3v) is 5.22. The van der Waals surface area contributed by atoms with E-state index in [1.165, 1.54) is 26.2 Å². The van der Waals surface area contributed by atoms with Crippen molar-refractivity contribution in [1.29, 1.82) is 0 Å². The minimum Gasteiger partial charge on any atom is -0.507 e. The highest BCUT2D eigenvalue weighted by molar-refractivity contribution is 6.46. The largest absolute Gasteiger partial charge is 0.507 e. The average Bonchev–Trinajstić information content (AvgIpc) is 3.01. The van der Waals surface area contributed by atoms with Gasteiger partial charge < -0.3 is 24.2 Å². The van der Waals surface area contributed by atoms with E-state index in [4.69, 9.17) is 14.2 Å². The molecule has 1 saturated heterocycles. The van der Waals surface area contributed by atoms with Gasteiger partial charge in [-0.2, -0.15) is 0 Å². The van der Waals surface area contributed by atoms with Crippen LogP contribution in [0.4, 0.5) is 0 Å². The van der Waals surface area contributed by atoms with Gasteiger partial charge in [-0.25, -0.2) is 0 Å². The summed E-state index contributed by atoms with van der Waals surface area (Å²) in [5, 5.41) is 11.1. The molecule has 3 rings (SSSR count). The summed E-state index contributed by atoms with van der Waals surface area (Å²) in [6.45, 7) is 2.40. The van der Waals surface area contributed by atoms with Gasteiger partial charge in [0.1, 0.15) is 5.76 Å². The maximum Gasteiger partial charge on any atom is 0.295 e. The zero-order valence-electron chi connectivity index (χ0n) is 17.5. The molecule has 0 radical (unpaired) electrons. The number of hydrogen-bond donors (Lipinski definition) is 1. The van der Waals surface area contributed by atoms with Crippen molar-refractivity contribution in [2.75, 3.05) is 34.5 Å². The molecule has 1 heterocycles. The lowest BCUT2D eigenvalue weighted by molar-refractivity contribution is -0.140. The second-order valence-electron chi connectivity index (χ2n) is 6.91. The van der Waals surface area contributed by atoms with Gasteiger partial charge in [0.2, 0.25) is 0 Å². The third-order valence-electron chi connectivity index (χ3n) is 5.22. The lowest BCUT2D eigenvalue weighted by Crippen LogP contribution is -2.32. The number of aryl methyl sites for hydroxylation is 1. The van der Waals surface area contributed by atoms with E-state index < -0.39 is 17.7 Å². The van der Waals surface area contributed by atoms with Gasteiger partial charge in [-0.3, -0.25) is 9.59 Å². The van der Waals surface area contributed by atoms with Crippen LogP contribution >= 0.6 is 0 Å². The van der Waals surface area contributed by atoms with E-state index in [0.717, 1.165) is 11.1 Å².